The minimum atomic E-state index is -0.915. The van der Waals surface area contributed by atoms with Gasteiger partial charge in [-0.25, -0.2) is 9.36 Å². The van der Waals surface area contributed by atoms with Gasteiger partial charge in [-0.05, 0) is 6.92 Å². The van der Waals surface area contributed by atoms with Crippen LogP contribution in [0.3, 0.4) is 0 Å². The second kappa shape index (κ2) is 5.40. The van der Waals surface area contributed by atoms with Crippen molar-refractivity contribution in [2.75, 3.05) is 6.61 Å². The van der Waals surface area contributed by atoms with Crippen LogP contribution in [0.2, 0.25) is 0 Å². The maximum atomic E-state index is 12.1. The van der Waals surface area contributed by atoms with E-state index in [0.717, 1.165) is 4.57 Å². The second-order valence-electron chi connectivity index (χ2n) is 4.17. The Bertz CT molecular complexity index is 636. The highest BCUT2D eigenvalue weighted by molar-refractivity contribution is 5.28. The lowest BCUT2D eigenvalue weighted by Crippen LogP contribution is -2.39. The molecule has 1 aliphatic heterocycles. The predicted octanol–water partition coefficient (Wildman–Crippen LogP) is -1.45. The van der Waals surface area contributed by atoms with Gasteiger partial charge in [-0.1, -0.05) is 5.92 Å². The summed E-state index contributed by atoms with van der Waals surface area (Å²) < 4.78 is 6.17. The Morgan fingerprint density at radius 1 is 1.58 bits per heavy atom. The van der Waals surface area contributed by atoms with Gasteiger partial charge in [0, 0.05) is 12.6 Å². The molecule has 1 aliphatic rings. The highest BCUT2D eigenvalue weighted by atomic mass is 16.5. The molecule has 1 saturated heterocycles. The largest absolute Gasteiger partial charge is 0.394 e. The summed E-state index contributed by atoms with van der Waals surface area (Å²) in [6, 6.07) is 0. The Hall–Kier alpha value is -1.88. The lowest BCUT2D eigenvalue weighted by atomic mass is 10.2. The van der Waals surface area contributed by atoms with Crippen LogP contribution in [-0.2, 0) is 4.74 Å². The van der Waals surface area contributed by atoms with Crippen LogP contribution in [0.5, 0.6) is 0 Å². The van der Waals surface area contributed by atoms with Gasteiger partial charge in [0.05, 0.1) is 12.7 Å². The Labute approximate surface area is 108 Å². The lowest BCUT2D eigenvalue weighted by molar-refractivity contribution is -0.0469. The van der Waals surface area contributed by atoms with Gasteiger partial charge < -0.3 is 19.9 Å². The Kier molecular flexibility index (Phi) is 3.85. The van der Waals surface area contributed by atoms with E-state index in [1.807, 2.05) is 0 Å². The number of aliphatic hydroxyl groups excluding tert-OH is 2. The number of hydrogen-bond acceptors (Lipinski definition) is 5. The fourth-order valence-electron chi connectivity index (χ4n) is 2.01. The van der Waals surface area contributed by atoms with E-state index in [-0.39, 0.29) is 18.6 Å². The molecular weight excluding hydrogens is 252 g/mol. The quantitative estimate of drug-likeness (QED) is 0.568. The van der Waals surface area contributed by atoms with Crippen LogP contribution in [0.1, 0.15) is 25.1 Å². The molecule has 2 rings (SSSR count). The molecule has 102 valence electrons. The Balaban J connectivity index is 2.45. The van der Waals surface area contributed by atoms with E-state index in [9.17, 15) is 14.7 Å². The molecule has 0 spiro atoms. The van der Waals surface area contributed by atoms with Gasteiger partial charge in [0.2, 0.25) is 0 Å². The maximum absolute atomic E-state index is 12.1. The molecule has 1 fully saturated rings. The second-order valence-corrected chi connectivity index (χ2v) is 4.17. The van der Waals surface area contributed by atoms with Crippen LogP contribution in [0, 0.1) is 11.8 Å². The molecule has 7 heteroatoms. The number of ether oxygens (including phenoxy) is 1. The van der Waals surface area contributed by atoms with E-state index < -0.39 is 29.7 Å². The van der Waals surface area contributed by atoms with Crippen LogP contribution in [0.25, 0.3) is 0 Å². The molecule has 1 aromatic heterocycles. The normalized spacial score (nSPS) is 25.9. The SMILES string of the molecule is CC#Cc1c[nH]c(=O)n(C2CC(O)C(CO)O2)c1=O. The van der Waals surface area contributed by atoms with E-state index in [0.29, 0.717) is 0 Å². The summed E-state index contributed by atoms with van der Waals surface area (Å²) in [4.78, 5) is 26.2. The van der Waals surface area contributed by atoms with Gasteiger partial charge in [0.15, 0.2) is 0 Å². The van der Waals surface area contributed by atoms with Crippen LogP contribution in [-0.4, -0.2) is 38.6 Å². The first kappa shape index (κ1) is 13.5. The summed E-state index contributed by atoms with van der Waals surface area (Å²) in [6.45, 7) is 1.20. The Morgan fingerprint density at radius 2 is 2.32 bits per heavy atom. The fourth-order valence-corrected chi connectivity index (χ4v) is 2.01. The number of aliphatic hydroxyl groups is 2. The number of nitrogens with one attached hydrogen (secondary N) is 1. The molecule has 3 atom stereocenters. The summed E-state index contributed by atoms with van der Waals surface area (Å²) in [6.07, 6.45) is -1.30. The molecule has 2 heterocycles. The van der Waals surface area contributed by atoms with E-state index in [4.69, 9.17) is 9.84 Å². The number of aromatic nitrogens is 2. The van der Waals surface area contributed by atoms with Crippen LogP contribution < -0.4 is 11.2 Å². The summed E-state index contributed by atoms with van der Waals surface area (Å²) in [7, 11) is 0. The van der Waals surface area contributed by atoms with E-state index in [1.54, 1.807) is 6.92 Å². The van der Waals surface area contributed by atoms with Gasteiger partial charge in [-0.3, -0.25) is 4.79 Å². The highest BCUT2D eigenvalue weighted by Gasteiger charge is 2.36. The number of nitrogens with zero attached hydrogens (tertiary/aromatic N) is 1. The molecule has 0 radical (unpaired) electrons. The van der Waals surface area contributed by atoms with Crippen molar-refractivity contribution < 1.29 is 14.9 Å². The van der Waals surface area contributed by atoms with Crippen molar-refractivity contribution in [2.45, 2.75) is 31.8 Å². The average Bonchev–Trinajstić information content (AvgIpc) is 2.74. The zero-order valence-corrected chi connectivity index (χ0v) is 10.3. The molecule has 1 aromatic rings. The zero-order valence-electron chi connectivity index (χ0n) is 10.3. The number of hydrogen-bond donors (Lipinski definition) is 3. The van der Waals surface area contributed by atoms with Gasteiger partial charge in [-0.15, -0.1) is 5.92 Å². The standard InChI is InChI=1S/C12H14N2O5/c1-2-3-7-5-13-12(18)14(11(7)17)10-4-8(16)9(6-15)19-10/h5,8-10,15-16H,4,6H2,1H3,(H,13,18). The molecule has 0 saturated carbocycles. The molecule has 0 aromatic carbocycles. The fraction of sp³-hybridized carbons (Fsp3) is 0.500. The van der Waals surface area contributed by atoms with E-state index >= 15 is 0 Å². The third-order valence-corrected chi connectivity index (χ3v) is 2.94. The molecule has 0 amide bonds. The summed E-state index contributed by atoms with van der Waals surface area (Å²) in [5.74, 6) is 5.16. The van der Waals surface area contributed by atoms with E-state index in [1.165, 1.54) is 6.20 Å². The van der Waals surface area contributed by atoms with Gasteiger partial charge in [-0.2, -0.15) is 0 Å². The molecule has 0 aliphatic carbocycles. The summed E-state index contributed by atoms with van der Waals surface area (Å²) in [5.41, 5.74) is -1.07. The zero-order chi connectivity index (χ0) is 14.0. The highest BCUT2D eigenvalue weighted by Crippen LogP contribution is 2.26. The molecule has 7 nitrogen and oxygen atoms in total. The number of rotatable bonds is 2. The molecule has 0 bridgehead atoms. The van der Waals surface area contributed by atoms with Crippen molar-refractivity contribution in [3.8, 4) is 11.8 Å². The van der Waals surface area contributed by atoms with Crippen molar-refractivity contribution in [1.82, 2.24) is 9.55 Å². The van der Waals surface area contributed by atoms with Crippen LogP contribution >= 0.6 is 0 Å². The van der Waals surface area contributed by atoms with Crippen molar-refractivity contribution in [1.29, 1.82) is 0 Å². The monoisotopic (exact) mass is 266 g/mol. The summed E-state index contributed by atoms with van der Waals surface area (Å²) in [5, 5.41) is 18.6. The average molecular weight is 266 g/mol. The van der Waals surface area contributed by atoms with Crippen molar-refractivity contribution in [2.24, 2.45) is 0 Å². The van der Waals surface area contributed by atoms with Crippen molar-refractivity contribution in [3.63, 3.8) is 0 Å². The van der Waals surface area contributed by atoms with Crippen LogP contribution in [0.15, 0.2) is 15.8 Å². The first-order valence-electron chi connectivity index (χ1n) is 5.79. The van der Waals surface area contributed by atoms with Gasteiger partial charge in [0.1, 0.15) is 17.9 Å². The van der Waals surface area contributed by atoms with Gasteiger partial charge >= 0.3 is 5.69 Å². The van der Waals surface area contributed by atoms with Crippen LogP contribution in [0.4, 0.5) is 0 Å². The maximum Gasteiger partial charge on any atom is 0.330 e. The third kappa shape index (κ3) is 2.46. The minimum absolute atomic E-state index is 0.0667. The topological polar surface area (TPSA) is 105 Å². The predicted molar refractivity (Wildman–Crippen MR) is 65.5 cm³/mol. The molecule has 3 unspecified atom stereocenters. The molecule has 19 heavy (non-hydrogen) atoms. The first-order chi connectivity index (χ1) is 9.08. The first-order valence-corrected chi connectivity index (χ1v) is 5.79. The van der Waals surface area contributed by atoms with Gasteiger partial charge in [0.25, 0.3) is 5.56 Å². The lowest BCUT2D eigenvalue weighted by Gasteiger charge is -2.13. The molecular formula is C12H14N2O5. The van der Waals surface area contributed by atoms with Crippen molar-refractivity contribution >= 4 is 0 Å². The smallest absolute Gasteiger partial charge is 0.330 e. The van der Waals surface area contributed by atoms with E-state index in [2.05, 4.69) is 16.8 Å². The number of H-pyrrole nitrogens is 1. The van der Waals surface area contributed by atoms with Crippen molar-refractivity contribution in [3.05, 3.63) is 32.6 Å². The minimum Gasteiger partial charge on any atom is -0.394 e. The summed E-state index contributed by atoms with van der Waals surface area (Å²) >= 11 is 0. The molecule has 3 N–H and O–H groups in total. The number of aromatic amines is 1. The third-order valence-electron chi connectivity index (χ3n) is 2.94. The Morgan fingerprint density at radius 3 is 2.89 bits per heavy atom.